The van der Waals surface area contributed by atoms with Crippen LogP contribution in [-0.2, 0) is 34.8 Å². The molecule has 0 aliphatic carbocycles. The first kappa shape index (κ1) is 30.5. The van der Waals surface area contributed by atoms with Gasteiger partial charge in [-0.1, -0.05) is 51.1 Å². The average molecular weight is 561 g/mol. The number of aryl methyl sites for hydroxylation is 2. The molecule has 0 saturated carbocycles. The minimum Gasteiger partial charge on any atom is -0.395 e. The molecular formula is C27H40N6O5S. The summed E-state index contributed by atoms with van der Waals surface area (Å²) in [7, 11) is -2.50. The van der Waals surface area contributed by atoms with Gasteiger partial charge in [0.1, 0.15) is 0 Å². The van der Waals surface area contributed by atoms with Gasteiger partial charge in [0.05, 0.1) is 43.6 Å². The summed E-state index contributed by atoms with van der Waals surface area (Å²) in [5, 5.41) is 28.6. The number of hydrogen-bond donors (Lipinski definition) is 3. The molecule has 2 heterocycles. The molecular weight excluding hydrogens is 520 g/mol. The van der Waals surface area contributed by atoms with Gasteiger partial charge in [-0.15, -0.1) is 0 Å². The van der Waals surface area contributed by atoms with Crippen LogP contribution in [0.2, 0.25) is 0 Å². The molecule has 0 spiro atoms. The average Bonchev–Trinajstić information content (AvgIpc) is 3.51. The van der Waals surface area contributed by atoms with Crippen LogP contribution in [0.15, 0.2) is 60.1 Å². The van der Waals surface area contributed by atoms with E-state index in [0.717, 1.165) is 15.6 Å². The van der Waals surface area contributed by atoms with Crippen molar-refractivity contribution in [2.45, 2.75) is 63.9 Å². The first-order chi connectivity index (χ1) is 18.4. The van der Waals surface area contributed by atoms with E-state index >= 15 is 0 Å². The van der Waals surface area contributed by atoms with E-state index in [1.807, 2.05) is 43.3 Å². The number of aromatic nitrogens is 4. The molecule has 39 heavy (non-hydrogen) atoms. The molecule has 1 amide bonds. The monoisotopic (exact) mass is 560 g/mol. The molecule has 0 aliphatic heterocycles. The summed E-state index contributed by atoms with van der Waals surface area (Å²) < 4.78 is 31.6. The van der Waals surface area contributed by atoms with Gasteiger partial charge in [-0.2, -0.15) is 9.40 Å². The Hall–Kier alpha value is -3.06. The lowest BCUT2D eigenvalue weighted by molar-refractivity contribution is -0.126. The Morgan fingerprint density at radius 1 is 1.15 bits per heavy atom. The van der Waals surface area contributed by atoms with Crippen LogP contribution in [0.3, 0.4) is 0 Å². The van der Waals surface area contributed by atoms with Gasteiger partial charge in [-0.25, -0.2) is 13.4 Å². The third-order valence-electron chi connectivity index (χ3n) is 6.86. The van der Waals surface area contributed by atoms with E-state index in [1.54, 1.807) is 38.7 Å². The standard InChI is InChI=1S/C27H40N6O5S/c1-19(2)24(17-34)33(39(37,38)26-16-31(5)18-28-26)15-25(35)23(13-22-9-7-6-8-10-22)30-27(36)20(3)14-32-21(4)11-12-29-32/h6-12,16,18-20,23-25,34-35H,13-15,17H2,1-5H3,(H,30,36)/t20?,23?,24-,25?/m0/s1. The summed E-state index contributed by atoms with van der Waals surface area (Å²) in [5.41, 5.74) is 1.80. The number of aliphatic hydroxyl groups excluding tert-OH is 2. The van der Waals surface area contributed by atoms with Gasteiger partial charge in [-0.3, -0.25) is 9.48 Å². The third-order valence-corrected chi connectivity index (χ3v) is 8.64. The van der Waals surface area contributed by atoms with Crippen LogP contribution >= 0.6 is 0 Å². The molecule has 0 saturated heterocycles. The number of benzene rings is 1. The summed E-state index contributed by atoms with van der Waals surface area (Å²) in [4.78, 5) is 17.3. The zero-order valence-corrected chi connectivity index (χ0v) is 24.0. The Morgan fingerprint density at radius 2 is 1.85 bits per heavy atom. The Morgan fingerprint density at radius 3 is 2.38 bits per heavy atom. The van der Waals surface area contributed by atoms with Gasteiger partial charge in [0, 0.05) is 31.7 Å². The van der Waals surface area contributed by atoms with Crippen LogP contribution in [0.4, 0.5) is 0 Å². The first-order valence-electron chi connectivity index (χ1n) is 13.1. The molecule has 12 heteroatoms. The zero-order valence-electron chi connectivity index (χ0n) is 23.2. The maximum Gasteiger partial charge on any atom is 0.262 e. The van der Waals surface area contributed by atoms with Gasteiger partial charge in [-0.05, 0) is 30.9 Å². The predicted octanol–water partition coefficient (Wildman–Crippen LogP) is 1.36. The highest BCUT2D eigenvalue weighted by Gasteiger charge is 2.38. The Kier molecular flexibility index (Phi) is 10.4. The van der Waals surface area contributed by atoms with Crippen LogP contribution in [-0.4, -0.2) is 79.5 Å². The second kappa shape index (κ2) is 13.3. The molecule has 3 unspecified atom stereocenters. The Balaban J connectivity index is 1.89. The van der Waals surface area contributed by atoms with Crippen molar-refractivity contribution in [2.75, 3.05) is 13.2 Å². The third kappa shape index (κ3) is 7.75. The second-order valence-corrected chi connectivity index (χ2v) is 12.2. The number of amides is 1. The van der Waals surface area contributed by atoms with Crippen molar-refractivity contribution < 1.29 is 23.4 Å². The smallest absolute Gasteiger partial charge is 0.262 e. The molecule has 3 N–H and O–H groups in total. The molecule has 0 radical (unpaired) electrons. The van der Waals surface area contributed by atoms with E-state index in [-0.39, 0.29) is 29.8 Å². The maximum absolute atomic E-state index is 13.6. The minimum absolute atomic E-state index is 0.178. The molecule has 0 aliphatic rings. The fourth-order valence-electron chi connectivity index (χ4n) is 4.41. The number of imidazole rings is 1. The fraction of sp³-hybridized carbons (Fsp3) is 0.519. The number of carbonyl (C=O) groups excluding carboxylic acids is 1. The van der Waals surface area contributed by atoms with E-state index in [9.17, 15) is 23.4 Å². The highest BCUT2D eigenvalue weighted by atomic mass is 32.2. The summed E-state index contributed by atoms with van der Waals surface area (Å²) in [6.45, 7) is 6.87. The summed E-state index contributed by atoms with van der Waals surface area (Å²) in [6.07, 6.45) is 3.44. The van der Waals surface area contributed by atoms with Gasteiger partial charge >= 0.3 is 0 Å². The van der Waals surface area contributed by atoms with Crippen molar-refractivity contribution in [3.8, 4) is 0 Å². The highest BCUT2D eigenvalue weighted by Crippen LogP contribution is 2.22. The van der Waals surface area contributed by atoms with E-state index in [4.69, 9.17) is 0 Å². The van der Waals surface area contributed by atoms with Crippen molar-refractivity contribution >= 4 is 15.9 Å². The minimum atomic E-state index is -4.16. The molecule has 3 aromatic rings. The molecule has 4 atom stereocenters. The lowest BCUT2D eigenvalue weighted by atomic mass is 9.99. The lowest BCUT2D eigenvalue weighted by Gasteiger charge is -2.35. The largest absolute Gasteiger partial charge is 0.395 e. The van der Waals surface area contributed by atoms with E-state index in [1.165, 1.54) is 17.1 Å². The molecule has 2 aromatic heterocycles. The molecule has 3 rings (SSSR count). The van der Waals surface area contributed by atoms with Crippen molar-refractivity contribution in [1.82, 2.24) is 29.0 Å². The predicted molar refractivity (Wildman–Crippen MR) is 147 cm³/mol. The normalized spacial score (nSPS) is 15.3. The number of hydrogen-bond acceptors (Lipinski definition) is 7. The molecule has 214 valence electrons. The molecule has 1 aromatic carbocycles. The quantitative estimate of drug-likeness (QED) is 0.270. The molecule has 11 nitrogen and oxygen atoms in total. The zero-order chi connectivity index (χ0) is 28.7. The highest BCUT2D eigenvalue weighted by molar-refractivity contribution is 7.89. The van der Waals surface area contributed by atoms with Crippen molar-refractivity contribution in [3.05, 3.63) is 66.4 Å². The lowest BCUT2D eigenvalue weighted by Crippen LogP contribution is -2.55. The summed E-state index contributed by atoms with van der Waals surface area (Å²) >= 11 is 0. The van der Waals surface area contributed by atoms with Crippen LogP contribution in [0.25, 0.3) is 0 Å². The van der Waals surface area contributed by atoms with Crippen LogP contribution in [0.1, 0.15) is 32.0 Å². The van der Waals surface area contributed by atoms with Crippen LogP contribution in [0.5, 0.6) is 0 Å². The number of carbonyl (C=O) groups is 1. The van der Waals surface area contributed by atoms with E-state index in [2.05, 4.69) is 15.4 Å². The van der Waals surface area contributed by atoms with Gasteiger partial charge in [0.15, 0.2) is 5.03 Å². The summed E-state index contributed by atoms with van der Waals surface area (Å²) in [6, 6.07) is 9.62. The van der Waals surface area contributed by atoms with Gasteiger partial charge < -0.3 is 20.1 Å². The second-order valence-electron chi connectivity index (χ2n) is 10.4. The van der Waals surface area contributed by atoms with Crippen molar-refractivity contribution in [3.63, 3.8) is 0 Å². The number of rotatable bonds is 14. The maximum atomic E-state index is 13.6. The Labute approximate surface area is 230 Å². The number of sulfonamides is 1. The Bertz CT molecular complexity index is 1310. The fourth-order valence-corrected chi connectivity index (χ4v) is 6.14. The van der Waals surface area contributed by atoms with Crippen molar-refractivity contribution in [1.29, 1.82) is 0 Å². The van der Waals surface area contributed by atoms with Gasteiger partial charge in [0.25, 0.3) is 10.0 Å². The molecule has 0 bridgehead atoms. The number of nitrogens with zero attached hydrogens (tertiary/aromatic N) is 5. The van der Waals surface area contributed by atoms with Crippen LogP contribution in [0, 0.1) is 18.8 Å². The first-order valence-corrected chi connectivity index (χ1v) is 14.5. The summed E-state index contributed by atoms with van der Waals surface area (Å²) in [5.74, 6) is -0.991. The van der Waals surface area contributed by atoms with Crippen LogP contribution < -0.4 is 5.32 Å². The number of nitrogens with one attached hydrogen (secondary N) is 1. The number of aliphatic hydroxyl groups is 2. The van der Waals surface area contributed by atoms with E-state index in [0.29, 0.717) is 6.54 Å². The SMILES string of the molecule is Cc1ccnn1CC(C)C(=O)NC(Cc1ccccc1)C(O)CN([C@@H](CO)C(C)C)S(=O)(=O)c1cn(C)cn1. The molecule has 0 fully saturated rings. The van der Waals surface area contributed by atoms with Gasteiger partial charge in [0.2, 0.25) is 5.91 Å². The van der Waals surface area contributed by atoms with E-state index < -0.39 is 40.7 Å². The van der Waals surface area contributed by atoms with Crippen molar-refractivity contribution in [2.24, 2.45) is 18.9 Å². The topological polar surface area (TPSA) is 143 Å².